The van der Waals surface area contributed by atoms with Gasteiger partial charge in [-0.05, 0) is 136 Å². The van der Waals surface area contributed by atoms with Crippen LogP contribution in [-0.2, 0) is 134 Å². The maximum Gasteiger partial charge on any atom is 0.303 e. The predicted molar refractivity (Wildman–Crippen MR) is 503 cm³/mol. The van der Waals surface area contributed by atoms with Gasteiger partial charge < -0.3 is 108 Å². The van der Waals surface area contributed by atoms with E-state index in [9.17, 15) is 67.4 Å². The molecule has 0 aromatic heterocycles. The van der Waals surface area contributed by atoms with E-state index in [4.69, 9.17) is 71.1 Å². The molecular formula is C102H152N6O30. The summed E-state index contributed by atoms with van der Waals surface area (Å²) in [6.07, 6.45) is -2.57. The molecule has 6 amide bonds. The van der Waals surface area contributed by atoms with E-state index in [2.05, 4.69) is 26.6 Å². The molecule has 4 heterocycles. The summed E-state index contributed by atoms with van der Waals surface area (Å²) >= 11 is 0. The maximum absolute atomic E-state index is 15.0. The lowest BCUT2D eigenvalue weighted by atomic mass is 9.71. The molecule has 0 spiro atoms. The number of nitrogens with one attached hydrogen (secondary N) is 5. The van der Waals surface area contributed by atoms with Gasteiger partial charge in [-0.3, -0.25) is 67.1 Å². The smallest absolute Gasteiger partial charge is 0.303 e. The number of aliphatic hydroxyl groups excluding tert-OH is 1. The highest BCUT2D eigenvalue weighted by Crippen LogP contribution is 2.45. The number of ether oxygens (including phenoxy) is 15. The molecule has 15 unspecified atom stereocenters. The van der Waals surface area contributed by atoms with Crippen LogP contribution in [0, 0.1) is 40.9 Å². The Hall–Kier alpha value is -10.1. The van der Waals surface area contributed by atoms with Crippen LogP contribution in [0.2, 0.25) is 0 Å². The largest absolute Gasteiger partial charge is 0.497 e. The second-order valence-electron chi connectivity index (χ2n) is 37.0. The number of carbonyl (C=O) groups is 14. The minimum absolute atomic E-state index is 0.0232. The molecule has 0 bridgehead atoms. The summed E-state index contributed by atoms with van der Waals surface area (Å²) in [7, 11) is 3.15. The number of methoxy groups -OCH3 is 2. The Bertz CT molecular complexity index is 4010. The van der Waals surface area contributed by atoms with Crippen LogP contribution in [-0.4, -0.2) is 260 Å². The molecule has 7 rings (SSSR count). The second kappa shape index (κ2) is 60.1. The van der Waals surface area contributed by atoms with Crippen molar-refractivity contribution in [2.24, 2.45) is 40.9 Å². The fourth-order valence-electron chi connectivity index (χ4n) is 17.9. The molecule has 3 aromatic carbocycles. The van der Waals surface area contributed by atoms with Crippen molar-refractivity contribution in [2.75, 3.05) is 99.7 Å². The number of amides is 6. The lowest BCUT2D eigenvalue weighted by Crippen LogP contribution is -2.53. The van der Waals surface area contributed by atoms with Crippen LogP contribution in [0.5, 0.6) is 11.5 Å². The first-order valence-electron chi connectivity index (χ1n) is 49.0. The molecule has 0 radical (unpaired) electrons. The summed E-state index contributed by atoms with van der Waals surface area (Å²) in [6, 6.07) is 24.0. The zero-order valence-electron chi connectivity index (χ0n) is 83.2. The normalized spacial score (nSPS) is 23.4. The van der Waals surface area contributed by atoms with E-state index < -0.39 is 132 Å². The fourth-order valence-corrected chi connectivity index (χ4v) is 17.9. The first kappa shape index (κ1) is 115. The lowest BCUT2D eigenvalue weighted by Gasteiger charge is -2.43. The van der Waals surface area contributed by atoms with Gasteiger partial charge >= 0.3 is 35.8 Å². The molecule has 0 aliphatic carbocycles. The first-order chi connectivity index (χ1) is 65.9. The summed E-state index contributed by atoms with van der Waals surface area (Å²) in [6.45, 7) is 20.5. The number of hydrogen-bond acceptors (Lipinski definition) is 30. The number of unbranched alkanes of at least 4 members (excludes halogenated alkanes) is 4. The van der Waals surface area contributed by atoms with Gasteiger partial charge in [-0.15, -0.1) is 0 Å². The van der Waals surface area contributed by atoms with E-state index in [0.29, 0.717) is 82.1 Å². The Morgan fingerprint density at radius 1 is 0.377 bits per heavy atom. The number of aliphatic hydroxyl groups is 1. The Morgan fingerprint density at radius 3 is 1.07 bits per heavy atom. The standard InChI is InChI=1S/C102H152N6O30/c1-65-68(4)98(136-86(62-129-71(7)109)95(65)133-74(10)112)126-55-23-19-31-81(115)30-18-22-50-103-91(120)44-47-101(48-45-92(121)106-53-26-51-104-89(118)32-20-24-56-127-99-69(5)66(2)96(134-75(11)113)87(137-99)63-130-72(8)110,49-46-93(122)107-54-27-52-105-90(119)33-21-25-57-128-100-70(6)67(3)97(135-76(12)114)88(138-100)64-131-73(9)111)59-82(116)38-43-94(123)108-60-83(117)58-80(108)61-132-102(77-28-16-15-17-29-77,78-34-39-84(124-13)40-35-78)79-36-41-85(125-14)42-37-79/h15-17,28-29,34-37,39-42,65-70,80,83,86-88,95-100,117H,18-27,30-33,38,43-64H2,1-14H3,(H,103,120)(H,104,118)(H,105,119)(H,106,121)(H,107,122)/t65?,66?,67?,68?,69?,70?,80-,83+,86?,87?,88?,95?,96?,97?,98?,99?,100?,101?/m1/s1. The summed E-state index contributed by atoms with van der Waals surface area (Å²) in [5.74, 6) is -5.26. The van der Waals surface area contributed by atoms with Gasteiger partial charge in [0.2, 0.25) is 35.4 Å². The van der Waals surface area contributed by atoms with Crippen LogP contribution >= 0.6 is 0 Å². The van der Waals surface area contributed by atoms with E-state index in [1.165, 1.54) is 41.5 Å². The van der Waals surface area contributed by atoms with Crippen molar-refractivity contribution < 1.29 is 143 Å². The zero-order valence-corrected chi connectivity index (χ0v) is 83.2. The Kier molecular flexibility index (Phi) is 50.1. The number of β-amino-alcohol motifs (C(OH)–C–C–N with tert-alkyl or cyclic N) is 1. The van der Waals surface area contributed by atoms with Crippen molar-refractivity contribution in [3.05, 3.63) is 95.6 Å². The molecule has 4 saturated heterocycles. The zero-order chi connectivity index (χ0) is 101. The Morgan fingerprint density at radius 2 is 0.717 bits per heavy atom. The van der Waals surface area contributed by atoms with Gasteiger partial charge in [-0.25, -0.2) is 0 Å². The van der Waals surface area contributed by atoms with Gasteiger partial charge in [-0.2, -0.15) is 0 Å². The third-order valence-corrected chi connectivity index (χ3v) is 26.3. The van der Waals surface area contributed by atoms with Crippen molar-refractivity contribution in [1.29, 1.82) is 0 Å². The van der Waals surface area contributed by atoms with Crippen LogP contribution in [0.3, 0.4) is 0 Å². The van der Waals surface area contributed by atoms with Crippen molar-refractivity contribution >= 4 is 82.8 Å². The van der Waals surface area contributed by atoms with Crippen molar-refractivity contribution in [3.63, 3.8) is 0 Å². The number of rotatable bonds is 62. The molecule has 4 aliphatic rings. The number of ketones is 2. The highest BCUT2D eigenvalue weighted by Gasteiger charge is 2.49. The molecular weight excluding hydrogens is 1790 g/mol. The third-order valence-electron chi connectivity index (χ3n) is 26.3. The lowest BCUT2D eigenvalue weighted by molar-refractivity contribution is -0.273. The molecule has 138 heavy (non-hydrogen) atoms. The average Bonchev–Trinajstić information content (AvgIpc) is 0.881. The summed E-state index contributed by atoms with van der Waals surface area (Å²) < 4.78 is 87.5. The number of Topliss-reactive ketones (excluding diaryl/α,β-unsaturated/α-hetero) is 2. The molecule has 6 N–H and O–H groups in total. The van der Waals surface area contributed by atoms with Crippen molar-refractivity contribution in [1.82, 2.24) is 31.5 Å². The van der Waals surface area contributed by atoms with E-state index in [1.54, 1.807) is 19.1 Å². The summed E-state index contributed by atoms with van der Waals surface area (Å²) in [4.78, 5) is 184. The molecule has 36 heteroatoms. The number of carbonyl (C=O) groups excluding carboxylic acids is 14. The predicted octanol–water partition coefficient (Wildman–Crippen LogP) is 10.2. The van der Waals surface area contributed by atoms with Gasteiger partial charge in [0.05, 0.1) is 33.0 Å². The quantitative estimate of drug-likeness (QED) is 0.0132. The fraction of sp³-hybridized carbons (Fsp3) is 0.686. The molecule has 0 saturated carbocycles. The van der Waals surface area contributed by atoms with Crippen molar-refractivity contribution in [2.45, 2.75) is 310 Å². The van der Waals surface area contributed by atoms with Gasteiger partial charge in [0.1, 0.15) is 85.1 Å². The van der Waals surface area contributed by atoms with Gasteiger partial charge in [0.15, 0.2) is 18.9 Å². The van der Waals surface area contributed by atoms with E-state index >= 15 is 4.79 Å². The number of nitrogens with zero attached hydrogens (tertiary/aromatic N) is 1. The topological polar surface area (TPSA) is 461 Å². The van der Waals surface area contributed by atoms with Gasteiger partial charge in [-0.1, -0.05) is 96.1 Å². The number of esters is 6. The van der Waals surface area contributed by atoms with E-state index in [-0.39, 0.29) is 234 Å². The maximum atomic E-state index is 15.0. The van der Waals surface area contributed by atoms with Crippen molar-refractivity contribution in [3.8, 4) is 11.5 Å². The van der Waals surface area contributed by atoms with Crippen LogP contribution in [0.25, 0.3) is 0 Å². The third kappa shape index (κ3) is 38.8. The average molecular weight is 1940 g/mol. The summed E-state index contributed by atoms with van der Waals surface area (Å²) in [5, 5.41) is 26.0. The minimum Gasteiger partial charge on any atom is -0.497 e. The highest BCUT2D eigenvalue weighted by atomic mass is 16.7. The molecule has 4 fully saturated rings. The molecule has 36 nitrogen and oxygen atoms in total. The molecule has 17 atom stereocenters. The molecule has 4 aliphatic heterocycles. The van der Waals surface area contributed by atoms with E-state index in [0.717, 1.165) is 16.7 Å². The number of likely N-dealkylation sites (tertiary alicyclic amines) is 1. The van der Waals surface area contributed by atoms with Gasteiger partial charge in [0, 0.05) is 200 Å². The van der Waals surface area contributed by atoms with Crippen LogP contribution in [0.1, 0.15) is 254 Å². The monoisotopic (exact) mass is 1940 g/mol. The van der Waals surface area contributed by atoms with Gasteiger partial charge in [0.25, 0.3) is 0 Å². The number of benzene rings is 3. The molecule has 770 valence electrons. The highest BCUT2D eigenvalue weighted by molar-refractivity contribution is 5.86. The SMILES string of the molecule is COc1ccc(C(OC[C@H]2C[C@H](O)CN2C(=O)CCC(=O)CC(CCC(=O)NCCCCC(=O)CCCCOC2OC(COC(C)=O)C(OC(C)=O)C(C)C2C)(CCC(=O)NCCCNC(=O)CCCCOC2OC(COC(C)=O)C(OC(C)=O)C(C)C2C)CCC(=O)NCCCNC(=O)CCCCOC2OC(COC(C)=O)C(OC(C)=O)C(C)C2C)(c2ccccc2)c2ccc(OC)cc2)cc1. The molecule has 3 aromatic rings. The van der Waals surface area contributed by atoms with Crippen LogP contribution in [0.15, 0.2) is 78.9 Å². The van der Waals surface area contributed by atoms with Crippen LogP contribution in [0.4, 0.5) is 0 Å². The summed E-state index contributed by atoms with van der Waals surface area (Å²) in [5.41, 5.74) is -0.184. The second-order valence-corrected chi connectivity index (χ2v) is 37.0. The number of hydrogen-bond donors (Lipinski definition) is 6. The Labute approximate surface area is 811 Å². The Balaban J connectivity index is 1.01. The van der Waals surface area contributed by atoms with Crippen LogP contribution < -0.4 is 36.1 Å². The minimum atomic E-state index is -1.26. The van der Waals surface area contributed by atoms with E-state index in [1.807, 2.05) is 120 Å². The first-order valence-corrected chi connectivity index (χ1v) is 49.0.